The van der Waals surface area contributed by atoms with E-state index < -0.39 is 0 Å². The van der Waals surface area contributed by atoms with Gasteiger partial charge in [0.1, 0.15) is 5.70 Å². The molecule has 1 aliphatic rings. The van der Waals surface area contributed by atoms with Crippen molar-refractivity contribution in [3.63, 3.8) is 0 Å². The first-order valence-electron chi connectivity index (χ1n) is 9.16. The number of hydrogen-bond donors (Lipinski definition) is 1. The van der Waals surface area contributed by atoms with Gasteiger partial charge in [-0.1, -0.05) is 46.3 Å². The molecule has 5 nitrogen and oxygen atoms in total. The number of likely N-dealkylation sites (N-methyl/N-ethyl adjacent to an activating group) is 1. The van der Waals surface area contributed by atoms with Gasteiger partial charge >= 0.3 is 6.03 Å². The van der Waals surface area contributed by atoms with Crippen molar-refractivity contribution in [2.45, 2.75) is 20.4 Å². The Labute approximate surface area is 171 Å². The molecule has 142 valence electrons. The fraction of sp³-hybridized carbons (Fsp3) is 0.182. The Balaban J connectivity index is 1.81. The van der Waals surface area contributed by atoms with Crippen LogP contribution in [0.2, 0.25) is 0 Å². The Morgan fingerprint density at radius 1 is 1.07 bits per heavy atom. The van der Waals surface area contributed by atoms with E-state index in [1.165, 1.54) is 10.5 Å². The van der Waals surface area contributed by atoms with Crippen LogP contribution in [0.5, 0.6) is 0 Å². The first-order valence-corrected chi connectivity index (χ1v) is 9.95. The van der Waals surface area contributed by atoms with Crippen molar-refractivity contribution < 1.29 is 9.59 Å². The zero-order chi connectivity index (χ0) is 19.8. The second-order valence-electron chi connectivity index (χ2n) is 6.77. The molecule has 3 aromatic rings. The number of fused-ring (bicyclic) bond motifs is 1. The quantitative estimate of drug-likeness (QED) is 0.476. The summed E-state index contributed by atoms with van der Waals surface area (Å²) >= 11 is 3.47. The molecular formula is C22H20BrN3O2. The molecule has 0 spiro atoms. The van der Waals surface area contributed by atoms with Crippen molar-refractivity contribution in [2.24, 2.45) is 0 Å². The summed E-state index contributed by atoms with van der Waals surface area (Å²) in [6, 6.07) is 16.0. The van der Waals surface area contributed by atoms with Gasteiger partial charge in [0.15, 0.2) is 0 Å². The fourth-order valence-electron chi connectivity index (χ4n) is 3.62. The van der Waals surface area contributed by atoms with E-state index in [4.69, 9.17) is 0 Å². The molecule has 1 N–H and O–H groups in total. The number of amides is 3. The molecule has 4 rings (SSSR count). The Kier molecular flexibility index (Phi) is 4.81. The minimum Gasteiger partial charge on any atom is -0.340 e. The minimum atomic E-state index is -0.366. The van der Waals surface area contributed by atoms with E-state index in [1.807, 2.05) is 37.3 Å². The molecule has 1 fully saturated rings. The number of carbonyl (C=O) groups is 2. The predicted molar refractivity (Wildman–Crippen MR) is 114 cm³/mol. The van der Waals surface area contributed by atoms with E-state index in [-0.39, 0.29) is 11.9 Å². The summed E-state index contributed by atoms with van der Waals surface area (Å²) in [6.45, 7) is 4.91. The van der Waals surface area contributed by atoms with Gasteiger partial charge < -0.3 is 9.88 Å². The number of aromatic nitrogens is 1. The topological polar surface area (TPSA) is 54.3 Å². The Hall–Kier alpha value is -2.86. The summed E-state index contributed by atoms with van der Waals surface area (Å²) in [4.78, 5) is 25.7. The van der Waals surface area contributed by atoms with Gasteiger partial charge in [-0.25, -0.2) is 4.79 Å². The summed E-state index contributed by atoms with van der Waals surface area (Å²) < 4.78 is 3.29. The van der Waals surface area contributed by atoms with Crippen LogP contribution in [0.4, 0.5) is 4.79 Å². The molecule has 0 aliphatic carbocycles. The van der Waals surface area contributed by atoms with Crippen molar-refractivity contribution in [3.05, 3.63) is 75.5 Å². The van der Waals surface area contributed by atoms with Crippen LogP contribution >= 0.6 is 15.9 Å². The molecular weight excluding hydrogens is 418 g/mol. The monoisotopic (exact) mass is 437 g/mol. The van der Waals surface area contributed by atoms with Gasteiger partial charge in [-0.05, 0) is 43.7 Å². The first kappa shape index (κ1) is 18.5. The second kappa shape index (κ2) is 7.28. The third-order valence-corrected chi connectivity index (χ3v) is 5.63. The van der Waals surface area contributed by atoms with Crippen molar-refractivity contribution in [2.75, 3.05) is 6.54 Å². The van der Waals surface area contributed by atoms with E-state index in [0.717, 1.165) is 33.2 Å². The average Bonchev–Trinajstić information content (AvgIpc) is 3.11. The third-order valence-electron chi connectivity index (χ3n) is 5.10. The largest absolute Gasteiger partial charge is 0.340 e. The number of benzene rings is 2. The van der Waals surface area contributed by atoms with Crippen LogP contribution < -0.4 is 5.32 Å². The maximum absolute atomic E-state index is 12.5. The molecule has 6 heteroatoms. The van der Waals surface area contributed by atoms with Gasteiger partial charge in [-0.3, -0.25) is 9.69 Å². The molecule has 2 heterocycles. The lowest BCUT2D eigenvalue weighted by Crippen LogP contribution is -2.30. The molecule has 3 amide bonds. The lowest BCUT2D eigenvalue weighted by Gasteiger charge is -2.09. The van der Waals surface area contributed by atoms with E-state index in [2.05, 4.69) is 44.0 Å². The number of nitrogens with zero attached hydrogens (tertiary/aromatic N) is 2. The molecule has 2 aromatic carbocycles. The van der Waals surface area contributed by atoms with Gasteiger partial charge in [0.2, 0.25) is 0 Å². The predicted octanol–water partition coefficient (Wildman–Crippen LogP) is 4.67. The Morgan fingerprint density at radius 2 is 1.79 bits per heavy atom. The summed E-state index contributed by atoms with van der Waals surface area (Å²) in [5.41, 5.74) is 4.61. The van der Waals surface area contributed by atoms with E-state index >= 15 is 0 Å². The van der Waals surface area contributed by atoms with Crippen LogP contribution in [0.25, 0.3) is 17.0 Å². The molecule has 1 aliphatic heterocycles. The van der Waals surface area contributed by atoms with Crippen LogP contribution in [-0.2, 0) is 11.3 Å². The summed E-state index contributed by atoms with van der Waals surface area (Å²) in [5, 5.41) is 3.75. The summed E-state index contributed by atoms with van der Waals surface area (Å²) in [5.74, 6) is -0.281. The maximum atomic E-state index is 12.5. The van der Waals surface area contributed by atoms with E-state index in [0.29, 0.717) is 12.2 Å². The minimum absolute atomic E-state index is 0.281. The van der Waals surface area contributed by atoms with Crippen molar-refractivity contribution in [3.8, 4) is 0 Å². The molecule has 0 bridgehead atoms. The SMILES string of the molecule is CCN1C(=O)N/C(=C/c2c(C)n(Cc3ccc(Br)cc3)c3ccccc23)C1=O. The molecule has 1 aromatic heterocycles. The first-order chi connectivity index (χ1) is 13.5. The van der Waals surface area contributed by atoms with E-state index in [1.54, 1.807) is 13.0 Å². The number of para-hydroxylation sites is 1. The average molecular weight is 438 g/mol. The van der Waals surface area contributed by atoms with Crippen LogP contribution in [0.3, 0.4) is 0 Å². The molecule has 0 unspecified atom stereocenters. The number of hydrogen-bond acceptors (Lipinski definition) is 2. The Morgan fingerprint density at radius 3 is 2.46 bits per heavy atom. The van der Waals surface area contributed by atoms with Gasteiger partial charge in [0, 0.05) is 39.7 Å². The van der Waals surface area contributed by atoms with Crippen molar-refractivity contribution in [1.82, 2.24) is 14.8 Å². The highest BCUT2D eigenvalue weighted by molar-refractivity contribution is 9.10. The lowest BCUT2D eigenvalue weighted by atomic mass is 10.1. The number of nitrogens with one attached hydrogen (secondary N) is 1. The zero-order valence-corrected chi connectivity index (χ0v) is 17.3. The maximum Gasteiger partial charge on any atom is 0.328 e. The zero-order valence-electron chi connectivity index (χ0n) is 15.7. The molecule has 0 atom stereocenters. The highest BCUT2D eigenvalue weighted by Crippen LogP contribution is 2.29. The van der Waals surface area contributed by atoms with Gasteiger partial charge in [0.25, 0.3) is 5.91 Å². The summed E-state index contributed by atoms with van der Waals surface area (Å²) in [6.07, 6.45) is 1.80. The van der Waals surface area contributed by atoms with Crippen LogP contribution in [-0.4, -0.2) is 28.0 Å². The molecule has 0 saturated carbocycles. The smallest absolute Gasteiger partial charge is 0.328 e. The molecule has 28 heavy (non-hydrogen) atoms. The number of halogens is 1. The molecule has 1 saturated heterocycles. The van der Waals surface area contributed by atoms with Crippen LogP contribution in [0, 0.1) is 6.92 Å². The second-order valence-corrected chi connectivity index (χ2v) is 7.68. The Bertz CT molecular complexity index is 1110. The summed E-state index contributed by atoms with van der Waals surface area (Å²) in [7, 11) is 0. The van der Waals surface area contributed by atoms with Crippen LogP contribution in [0.15, 0.2) is 58.7 Å². The van der Waals surface area contributed by atoms with E-state index in [9.17, 15) is 9.59 Å². The number of carbonyl (C=O) groups excluding carboxylic acids is 2. The van der Waals surface area contributed by atoms with Gasteiger partial charge in [-0.15, -0.1) is 0 Å². The van der Waals surface area contributed by atoms with Gasteiger partial charge in [0.05, 0.1) is 0 Å². The lowest BCUT2D eigenvalue weighted by molar-refractivity contribution is -0.122. The third kappa shape index (κ3) is 3.14. The fourth-order valence-corrected chi connectivity index (χ4v) is 3.88. The van der Waals surface area contributed by atoms with Gasteiger partial charge in [-0.2, -0.15) is 0 Å². The van der Waals surface area contributed by atoms with Crippen molar-refractivity contribution >= 4 is 44.8 Å². The number of rotatable bonds is 4. The highest BCUT2D eigenvalue weighted by atomic mass is 79.9. The molecule has 0 radical (unpaired) electrons. The van der Waals surface area contributed by atoms with Crippen molar-refractivity contribution in [1.29, 1.82) is 0 Å². The normalized spacial score (nSPS) is 15.7. The highest BCUT2D eigenvalue weighted by Gasteiger charge is 2.32. The number of urea groups is 1. The standard InChI is InChI=1S/C22H20BrN3O2/c1-3-25-21(27)19(24-22(25)28)12-18-14(2)26(20-7-5-4-6-17(18)20)13-15-8-10-16(23)11-9-15/h4-12H,3,13H2,1-2H3,(H,24,28)/b19-12+. The number of imide groups is 1. The van der Waals surface area contributed by atoms with Crippen LogP contribution in [0.1, 0.15) is 23.7 Å².